The molecule has 71 heavy (non-hydrogen) atoms. The molecule has 416 valence electrons. The summed E-state index contributed by atoms with van der Waals surface area (Å²) in [5.74, 6) is -0.220. The highest BCUT2D eigenvalue weighted by Gasteiger charge is 2.44. The molecule has 1 amide bonds. The summed E-state index contributed by atoms with van der Waals surface area (Å²) >= 11 is 0. The molecule has 1 heterocycles. The molecule has 1 aliphatic heterocycles. The molecule has 0 bridgehead atoms. The molecule has 1 aliphatic rings. The van der Waals surface area contributed by atoms with E-state index >= 15 is 0 Å². The molecule has 0 aromatic carbocycles. The number of rotatable bonds is 51. The molecule has 11 heteroatoms. The van der Waals surface area contributed by atoms with Gasteiger partial charge in [0.15, 0.2) is 6.29 Å². The lowest BCUT2D eigenvalue weighted by atomic mass is 9.99. The average molecular weight is 1010 g/mol. The quantitative estimate of drug-likeness (QED) is 0.0149. The van der Waals surface area contributed by atoms with Crippen LogP contribution in [0.1, 0.15) is 271 Å². The second kappa shape index (κ2) is 50.1. The number of carbonyl (C=O) groups is 2. The molecule has 0 aliphatic carbocycles. The van der Waals surface area contributed by atoms with E-state index < -0.39 is 49.5 Å². The average Bonchev–Trinajstić information content (AvgIpc) is 3.37. The summed E-state index contributed by atoms with van der Waals surface area (Å²) in [5, 5.41) is 54.2. The Labute approximate surface area is 434 Å². The summed E-state index contributed by atoms with van der Waals surface area (Å²) in [6.07, 6.45) is 51.1. The first-order chi connectivity index (χ1) is 34.7. The molecule has 0 aromatic rings. The lowest BCUT2D eigenvalue weighted by Gasteiger charge is -2.40. The first-order valence-corrected chi connectivity index (χ1v) is 29.8. The number of allylic oxidation sites excluding steroid dienone is 5. The fourth-order valence-corrected chi connectivity index (χ4v) is 9.25. The second-order valence-electron chi connectivity index (χ2n) is 20.7. The fraction of sp³-hybridized carbons (Fsp3) is 0.867. The van der Waals surface area contributed by atoms with Crippen molar-refractivity contribution in [1.29, 1.82) is 0 Å². The van der Waals surface area contributed by atoms with E-state index in [4.69, 9.17) is 14.2 Å². The Morgan fingerprint density at radius 1 is 0.521 bits per heavy atom. The Morgan fingerprint density at radius 3 is 1.39 bits per heavy atom. The van der Waals surface area contributed by atoms with E-state index in [2.05, 4.69) is 43.5 Å². The van der Waals surface area contributed by atoms with Crippen LogP contribution in [0.25, 0.3) is 0 Å². The smallest absolute Gasteiger partial charge is 0.305 e. The number of carbonyl (C=O) groups excluding carboxylic acids is 2. The van der Waals surface area contributed by atoms with Gasteiger partial charge in [-0.1, -0.05) is 230 Å². The summed E-state index contributed by atoms with van der Waals surface area (Å²) in [6, 6.07) is -0.816. The minimum Gasteiger partial charge on any atom is -0.466 e. The number of unbranched alkanes of at least 4 members (excludes halogenated alkanes) is 34. The van der Waals surface area contributed by atoms with Gasteiger partial charge in [0.2, 0.25) is 5.91 Å². The maximum absolute atomic E-state index is 13.0. The number of aliphatic hydroxyl groups excluding tert-OH is 5. The second-order valence-corrected chi connectivity index (χ2v) is 20.7. The van der Waals surface area contributed by atoms with Crippen molar-refractivity contribution in [2.45, 2.75) is 314 Å². The Bertz CT molecular complexity index is 1280. The zero-order chi connectivity index (χ0) is 51.7. The van der Waals surface area contributed by atoms with Crippen LogP contribution in [0.4, 0.5) is 0 Å². The molecule has 1 fully saturated rings. The molecule has 11 nitrogen and oxygen atoms in total. The summed E-state index contributed by atoms with van der Waals surface area (Å²) in [4.78, 5) is 25.0. The van der Waals surface area contributed by atoms with Gasteiger partial charge < -0.3 is 45.1 Å². The Balaban J connectivity index is 2.05. The molecule has 6 N–H and O–H groups in total. The van der Waals surface area contributed by atoms with Crippen molar-refractivity contribution < 1.29 is 49.3 Å². The van der Waals surface area contributed by atoms with E-state index in [0.29, 0.717) is 19.4 Å². The van der Waals surface area contributed by atoms with Crippen LogP contribution in [0.3, 0.4) is 0 Å². The van der Waals surface area contributed by atoms with Gasteiger partial charge in [-0.3, -0.25) is 9.59 Å². The molecular formula is C60H111NO10. The van der Waals surface area contributed by atoms with Crippen LogP contribution in [-0.4, -0.2) is 100 Å². The Hall–Kier alpha value is -2.12. The van der Waals surface area contributed by atoms with Crippen LogP contribution in [0.15, 0.2) is 36.5 Å². The highest BCUT2D eigenvalue weighted by atomic mass is 16.7. The molecule has 0 radical (unpaired) electrons. The van der Waals surface area contributed by atoms with Gasteiger partial charge in [0.25, 0.3) is 0 Å². The fourth-order valence-electron chi connectivity index (χ4n) is 9.25. The summed E-state index contributed by atoms with van der Waals surface area (Å²) in [5.41, 5.74) is 0. The lowest BCUT2D eigenvalue weighted by molar-refractivity contribution is -0.302. The Morgan fingerprint density at radius 2 is 0.930 bits per heavy atom. The van der Waals surface area contributed by atoms with Crippen LogP contribution < -0.4 is 5.32 Å². The van der Waals surface area contributed by atoms with Crippen LogP contribution in [0, 0.1) is 0 Å². The van der Waals surface area contributed by atoms with Crippen molar-refractivity contribution in [2.75, 3.05) is 19.8 Å². The minimum absolute atomic E-state index is 0.0256. The predicted octanol–water partition coefficient (Wildman–Crippen LogP) is 13.5. The van der Waals surface area contributed by atoms with Crippen molar-refractivity contribution in [3.63, 3.8) is 0 Å². The van der Waals surface area contributed by atoms with Crippen LogP contribution in [0.2, 0.25) is 0 Å². The predicted molar refractivity (Wildman–Crippen MR) is 292 cm³/mol. The van der Waals surface area contributed by atoms with Crippen LogP contribution >= 0.6 is 0 Å². The summed E-state index contributed by atoms with van der Waals surface area (Å²) in [7, 11) is 0. The van der Waals surface area contributed by atoms with Gasteiger partial charge in [-0.05, 0) is 64.2 Å². The Kier molecular flexibility index (Phi) is 47.2. The third-order valence-corrected chi connectivity index (χ3v) is 14.0. The first kappa shape index (κ1) is 66.9. The summed E-state index contributed by atoms with van der Waals surface area (Å²) in [6.45, 7) is 4.27. The van der Waals surface area contributed by atoms with Crippen molar-refractivity contribution >= 4 is 11.9 Å². The highest BCUT2D eigenvalue weighted by molar-refractivity contribution is 5.76. The van der Waals surface area contributed by atoms with E-state index in [0.717, 1.165) is 89.9 Å². The van der Waals surface area contributed by atoms with Gasteiger partial charge >= 0.3 is 5.97 Å². The van der Waals surface area contributed by atoms with Crippen molar-refractivity contribution in [1.82, 2.24) is 5.32 Å². The van der Waals surface area contributed by atoms with Crippen molar-refractivity contribution in [3.8, 4) is 0 Å². The molecule has 7 unspecified atom stereocenters. The molecule has 0 spiro atoms. The normalized spacial score (nSPS) is 19.3. The highest BCUT2D eigenvalue weighted by Crippen LogP contribution is 2.23. The number of esters is 1. The number of aliphatic hydroxyl groups is 5. The van der Waals surface area contributed by atoms with Gasteiger partial charge in [0.05, 0.1) is 32.0 Å². The van der Waals surface area contributed by atoms with Gasteiger partial charge in [-0.2, -0.15) is 0 Å². The molecule has 0 saturated carbocycles. The first-order valence-electron chi connectivity index (χ1n) is 29.8. The van der Waals surface area contributed by atoms with E-state index in [9.17, 15) is 35.1 Å². The SMILES string of the molecule is CCCCCCCCC/C=C/C(O)C(COC1OC(CO)C(O)C(O)C1O)NC(=O)CCCCCCCCCCCC/C=C\C=C/CCCCCOC(=O)CCCCCCCCCCCCCCCCC. The number of nitrogens with one attached hydrogen (secondary N) is 1. The van der Waals surface area contributed by atoms with Crippen LogP contribution in [-0.2, 0) is 23.8 Å². The van der Waals surface area contributed by atoms with Gasteiger partial charge in [0, 0.05) is 12.8 Å². The number of hydrogen-bond acceptors (Lipinski definition) is 10. The zero-order valence-corrected chi connectivity index (χ0v) is 45.7. The third-order valence-electron chi connectivity index (χ3n) is 14.0. The molecule has 1 rings (SSSR count). The molecular weight excluding hydrogens is 895 g/mol. The standard InChI is InChI=1S/C60H111NO10/c1-3-5-7-9-11-13-14-15-21-25-28-32-36-40-44-48-56(65)69-49-45-41-37-33-29-26-23-20-18-16-17-19-22-24-27-31-35-39-43-47-55(64)61-52(53(63)46-42-38-34-30-12-10-8-6-4-2)51-70-60-59(68)58(67)57(66)54(50-62)71-60/h20,23,26,29,42,46,52-54,57-60,62-63,66-68H,3-19,21-22,24-25,27-28,30-41,43-45,47-51H2,1-2H3,(H,61,64)/b23-20-,29-26-,46-42+. The largest absolute Gasteiger partial charge is 0.466 e. The van der Waals surface area contributed by atoms with E-state index in [-0.39, 0.29) is 18.5 Å². The monoisotopic (exact) mass is 1010 g/mol. The third kappa shape index (κ3) is 39.9. The van der Waals surface area contributed by atoms with Gasteiger partial charge in [-0.25, -0.2) is 0 Å². The molecule has 0 aromatic heterocycles. The van der Waals surface area contributed by atoms with Gasteiger partial charge in [0.1, 0.15) is 24.4 Å². The maximum atomic E-state index is 13.0. The molecule has 1 saturated heterocycles. The summed E-state index contributed by atoms with van der Waals surface area (Å²) < 4.78 is 16.7. The van der Waals surface area contributed by atoms with E-state index in [1.807, 2.05) is 6.08 Å². The zero-order valence-electron chi connectivity index (χ0n) is 45.7. The lowest BCUT2D eigenvalue weighted by Crippen LogP contribution is -2.60. The number of ether oxygens (including phenoxy) is 3. The minimum atomic E-state index is -1.57. The maximum Gasteiger partial charge on any atom is 0.305 e. The molecule has 7 atom stereocenters. The van der Waals surface area contributed by atoms with Crippen LogP contribution in [0.5, 0.6) is 0 Å². The van der Waals surface area contributed by atoms with E-state index in [1.165, 1.54) is 154 Å². The van der Waals surface area contributed by atoms with Gasteiger partial charge in [-0.15, -0.1) is 0 Å². The van der Waals surface area contributed by atoms with E-state index in [1.54, 1.807) is 6.08 Å². The topological polar surface area (TPSA) is 175 Å². The number of amides is 1. The van der Waals surface area contributed by atoms with Crippen molar-refractivity contribution in [2.24, 2.45) is 0 Å². The number of hydrogen-bond donors (Lipinski definition) is 6. The van der Waals surface area contributed by atoms with Crippen molar-refractivity contribution in [3.05, 3.63) is 36.5 Å².